The Morgan fingerprint density at radius 3 is 3.13 bits per heavy atom. The summed E-state index contributed by atoms with van der Waals surface area (Å²) in [7, 11) is 0. The molecule has 0 spiro atoms. The van der Waals surface area contributed by atoms with E-state index in [2.05, 4.69) is 22.2 Å². The van der Waals surface area contributed by atoms with Crippen molar-refractivity contribution in [2.45, 2.75) is 39.2 Å². The van der Waals surface area contributed by atoms with Crippen LogP contribution in [0.1, 0.15) is 31.7 Å². The van der Waals surface area contributed by atoms with E-state index >= 15 is 0 Å². The van der Waals surface area contributed by atoms with Crippen LogP contribution in [0.25, 0.3) is 0 Å². The number of anilines is 1. The van der Waals surface area contributed by atoms with Gasteiger partial charge in [-0.3, -0.25) is 0 Å². The van der Waals surface area contributed by atoms with E-state index in [1.165, 1.54) is 19.3 Å². The summed E-state index contributed by atoms with van der Waals surface area (Å²) in [6.45, 7) is 4.22. The van der Waals surface area contributed by atoms with E-state index < -0.39 is 0 Å². The third-order valence-corrected chi connectivity index (χ3v) is 3.03. The molecule has 15 heavy (non-hydrogen) atoms. The van der Waals surface area contributed by atoms with Crippen LogP contribution in [0.4, 0.5) is 5.82 Å². The minimum Gasteiger partial charge on any atom is -0.367 e. The Hall–Kier alpha value is -0.830. The van der Waals surface area contributed by atoms with Crippen molar-refractivity contribution in [3.05, 3.63) is 17.0 Å². The van der Waals surface area contributed by atoms with Crippen LogP contribution >= 0.6 is 11.6 Å². The molecule has 4 heteroatoms. The molecule has 2 unspecified atom stereocenters. The fraction of sp³-hybridized carbons (Fsp3) is 0.636. The molecule has 0 bridgehead atoms. The zero-order chi connectivity index (χ0) is 10.8. The molecular weight excluding hydrogens is 210 g/mol. The molecule has 0 aliphatic heterocycles. The van der Waals surface area contributed by atoms with Crippen molar-refractivity contribution in [2.75, 3.05) is 5.32 Å². The summed E-state index contributed by atoms with van der Waals surface area (Å²) in [5.74, 6) is 1.71. The summed E-state index contributed by atoms with van der Waals surface area (Å²) in [6.07, 6.45) is 5.58. The van der Waals surface area contributed by atoms with E-state index in [0.717, 1.165) is 17.3 Å². The lowest BCUT2D eigenvalue weighted by atomic mass is 10.2. The van der Waals surface area contributed by atoms with E-state index in [1.807, 2.05) is 6.92 Å². The molecule has 1 fully saturated rings. The van der Waals surface area contributed by atoms with Crippen LogP contribution in [0.3, 0.4) is 0 Å². The minimum atomic E-state index is 0.316. The van der Waals surface area contributed by atoms with E-state index in [1.54, 1.807) is 6.20 Å². The van der Waals surface area contributed by atoms with Crippen molar-refractivity contribution < 1.29 is 0 Å². The maximum atomic E-state index is 5.76. The first-order valence-corrected chi connectivity index (χ1v) is 5.84. The van der Waals surface area contributed by atoms with Crippen LogP contribution in [-0.4, -0.2) is 16.0 Å². The highest BCUT2D eigenvalue weighted by Gasteiger charge is 2.36. The quantitative estimate of drug-likeness (QED) is 0.801. The maximum absolute atomic E-state index is 5.76. The molecular formula is C11H16ClN3. The fourth-order valence-electron chi connectivity index (χ4n) is 1.86. The van der Waals surface area contributed by atoms with Crippen LogP contribution in [0.15, 0.2) is 6.20 Å². The number of rotatable bonds is 4. The number of hydrogen-bond donors (Lipinski definition) is 1. The molecule has 1 aliphatic carbocycles. The molecule has 0 amide bonds. The van der Waals surface area contributed by atoms with Crippen molar-refractivity contribution in [2.24, 2.45) is 5.92 Å². The highest BCUT2D eigenvalue weighted by atomic mass is 35.5. The summed E-state index contributed by atoms with van der Waals surface area (Å²) in [6, 6.07) is 0.592. The monoisotopic (exact) mass is 225 g/mol. The summed E-state index contributed by atoms with van der Waals surface area (Å²) in [5, 5.41) is 3.74. The van der Waals surface area contributed by atoms with Crippen LogP contribution in [-0.2, 0) is 0 Å². The zero-order valence-corrected chi connectivity index (χ0v) is 9.88. The number of aromatic nitrogens is 2. The van der Waals surface area contributed by atoms with Gasteiger partial charge in [0.05, 0.1) is 0 Å². The van der Waals surface area contributed by atoms with E-state index in [9.17, 15) is 0 Å². The van der Waals surface area contributed by atoms with Gasteiger partial charge in [0, 0.05) is 17.8 Å². The van der Waals surface area contributed by atoms with E-state index in [4.69, 9.17) is 11.6 Å². The summed E-state index contributed by atoms with van der Waals surface area (Å²) in [5.41, 5.74) is 1.06. The average Bonchev–Trinajstić information content (AvgIpc) is 2.91. The van der Waals surface area contributed by atoms with Gasteiger partial charge in [0.15, 0.2) is 0 Å². The van der Waals surface area contributed by atoms with Gasteiger partial charge in [0.2, 0.25) is 5.28 Å². The van der Waals surface area contributed by atoms with Crippen molar-refractivity contribution in [1.82, 2.24) is 9.97 Å². The second-order valence-electron chi connectivity index (χ2n) is 4.21. The number of halogens is 1. The van der Waals surface area contributed by atoms with Gasteiger partial charge in [-0.05, 0) is 37.3 Å². The lowest BCUT2D eigenvalue weighted by Crippen LogP contribution is -2.08. The SMILES string of the molecule is CCCC1CC1Nc1nc(Cl)ncc1C. The maximum Gasteiger partial charge on any atom is 0.224 e. The molecule has 1 aliphatic rings. The van der Waals surface area contributed by atoms with Gasteiger partial charge in [-0.25, -0.2) is 9.97 Å². The normalized spacial score (nSPS) is 23.9. The van der Waals surface area contributed by atoms with Gasteiger partial charge >= 0.3 is 0 Å². The number of nitrogens with one attached hydrogen (secondary N) is 1. The second kappa shape index (κ2) is 4.35. The van der Waals surface area contributed by atoms with Crippen molar-refractivity contribution >= 4 is 17.4 Å². The molecule has 1 aromatic heterocycles. The largest absolute Gasteiger partial charge is 0.367 e. The molecule has 1 N–H and O–H groups in total. The molecule has 3 nitrogen and oxygen atoms in total. The third kappa shape index (κ3) is 2.59. The predicted molar refractivity (Wildman–Crippen MR) is 62.2 cm³/mol. The van der Waals surface area contributed by atoms with Crippen LogP contribution in [0.5, 0.6) is 0 Å². The third-order valence-electron chi connectivity index (χ3n) is 2.85. The Bertz CT molecular complexity index is 354. The molecule has 2 atom stereocenters. The molecule has 0 aromatic carbocycles. The van der Waals surface area contributed by atoms with Crippen molar-refractivity contribution in [1.29, 1.82) is 0 Å². The Balaban J connectivity index is 1.97. The van der Waals surface area contributed by atoms with Gasteiger partial charge in [0.25, 0.3) is 0 Å². The number of nitrogens with zero attached hydrogens (tertiary/aromatic N) is 2. The van der Waals surface area contributed by atoms with Gasteiger partial charge in [-0.1, -0.05) is 13.3 Å². The zero-order valence-electron chi connectivity index (χ0n) is 9.13. The summed E-state index contributed by atoms with van der Waals surface area (Å²) < 4.78 is 0. The van der Waals surface area contributed by atoms with Crippen LogP contribution < -0.4 is 5.32 Å². The van der Waals surface area contributed by atoms with Crippen LogP contribution in [0, 0.1) is 12.8 Å². The van der Waals surface area contributed by atoms with Gasteiger partial charge in [-0.2, -0.15) is 0 Å². The predicted octanol–water partition coefficient (Wildman–Crippen LogP) is 3.04. The number of hydrogen-bond acceptors (Lipinski definition) is 3. The average molecular weight is 226 g/mol. The lowest BCUT2D eigenvalue weighted by molar-refractivity contribution is 0.692. The Kier molecular flexibility index (Phi) is 3.10. The van der Waals surface area contributed by atoms with Gasteiger partial charge < -0.3 is 5.32 Å². The molecule has 0 radical (unpaired) electrons. The van der Waals surface area contributed by atoms with Crippen molar-refractivity contribution in [3.8, 4) is 0 Å². The highest BCUT2D eigenvalue weighted by molar-refractivity contribution is 6.28. The Morgan fingerprint density at radius 2 is 2.40 bits per heavy atom. The Morgan fingerprint density at radius 1 is 1.60 bits per heavy atom. The molecule has 0 saturated heterocycles. The van der Waals surface area contributed by atoms with Crippen LogP contribution in [0.2, 0.25) is 5.28 Å². The highest BCUT2D eigenvalue weighted by Crippen LogP contribution is 2.37. The number of aryl methyl sites for hydroxylation is 1. The molecule has 1 saturated carbocycles. The van der Waals surface area contributed by atoms with Gasteiger partial charge in [-0.15, -0.1) is 0 Å². The molecule has 2 rings (SSSR count). The Labute approximate surface area is 95.3 Å². The topological polar surface area (TPSA) is 37.8 Å². The second-order valence-corrected chi connectivity index (χ2v) is 4.54. The molecule has 82 valence electrons. The summed E-state index contributed by atoms with van der Waals surface area (Å²) in [4.78, 5) is 8.13. The lowest BCUT2D eigenvalue weighted by Gasteiger charge is -2.07. The first-order valence-electron chi connectivity index (χ1n) is 5.46. The first kappa shape index (κ1) is 10.7. The standard InChI is InChI=1S/C11H16ClN3/c1-3-4-8-5-9(8)14-10-7(2)6-13-11(12)15-10/h6,8-9H,3-5H2,1-2H3,(H,13,14,15). The van der Waals surface area contributed by atoms with Gasteiger partial charge in [0.1, 0.15) is 5.82 Å². The van der Waals surface area contributed by atoms with E-state index in [-0.39, 0.29) is 0 Å². The first-order chi connectivity index (χ1) is 7.20. The summed E-state index contributed by atoms with van der Waals surface area (Å²) >= 11 is 5.76. The minimum absolute atomic E-state index is 0.316. The van der Waals surface area contributed by atoms with Crippen molar-refractivity contribution in [3.63, 3.8) is 0 Å². The molecule has 1 heterocycles. The van der Waals surface area contributed by atoms with E-state index in [0.29, 0.717) is 11.3 Å². The molecule has 1 aromatic rings. The fourth-order valence-corrected chi connectivity index (χ4v) is 1.99. The smallest absolute Gasteiger partial charge is 0.224 e.